The first kappa shape index (κ1) is 24.0. The summed E-state index contributed by atoms with van der Waals surface area (Å²) in [5.41, 5.74) is 5.01. The largest absolute Gasteiger partial charge is 0.260 e. The average Bonchev–Trinajstić information content (AvgIpc) is 2.81. The second-order valence-corrected chi connectivity index (χ2v) is 9.45. The molecule has 0 atom stereocenters. The van der Waals surface area contributed by atoms with Gasteiger partial charge in [0.25, 0.3) is 0 Å². The van der Waals surface area contributed by atoms with E-state index in [-0.39, 0.29) is 0 Å². The van der Waals surface area contributed by atoms with Crippen LogP contribution in [0.25, 0.3) is 10.9 Å². The van der Waals surface area contributed by atoms with E-state index in [1.54, 1.807) is 0 Å². The standard InChI is InChI=1S/C29H44N2/c1-2-3-4-5-6-7-8-9-10-11-12-13-14-19-24-30-29-25-20-15-17-22-27(25)31-28-23-18-16-21-26(28)29/h15,17,20,22,24H,2-14,16,18-19,21,23H2,1H3. The maximum atomic E-state index is 4.98. The van der Waals surface area contributed by atoms with Gasteiger partial charge in [-0.2, -0.15) is 0 Å². The molecular weight excluding hydrogens is 376 g/mol. The average molecular weight is 421 g/mol. The zero-order valence-electron chi connectivity index (χ0n) is 20.0. The minimum absolute atomic E-state index is 1.10. The van der Waals surface area contributed by atoms with Crippen molar-refractivity contribution in [2.45, 2.75) is 122 Å². The molecule has 31 heavy (non-hydrogen) atoms. The van der Waals surface area contributed by atoms with Gasteiger partial charge in [0.1, 0.15) is 0 Å². The van der Waals surface area contributed by atoms with Crippen LogP contribution in [0.2, 0.25) is 0 Å². The molecule has 2 heteroatoms. The van der Waals surface area contributed by atoms with Crippen molar-refractivity contribution >= 4 is 22.8 Å². The van der Waals surface area contributed by atoms with Gasteiger partial charge in [0.05, 0.1) is 11.2 Å². The molecule has 0 bridgehead atoms. The first-order valence-electron chi connectivity index (χ1n) is 13.3. The van der Waals surface area contributed by atoms with Crippen LogP contribution in [-0.4, -0.2) is 11.2 Å². The first-order valence-corrected chi connectivity index (χ1v) is 13.3. The molecule has 1 aromatic heterocycles. The smallest absolute Gasteiger partial charge is 0.0769 e. The number of unbranched alkanes of at least 4 members (excludes halogenated alkanes) is 13. The highest BCUT2D eigenvalue weighted by atomic mass is 14.8. The van der Waals surface area contributed by atoms with Crippen molar-refractivity contribution in [3.63, 3.8) is 0 Å². The van der Waals surface area contributed by atoms with Crippen LogP contribution in [0, 0.1) is 0 Å². The lowest BCUT2D eigenvalue weighted by molar-refractivity contribution is 0.541. The minimum Gasteiger partial charge on any atom is -0.260 e. The number of pyridine rings is 1. The molecule has 0 aliphatic heterocycles. The van der Waals surface area contributed by atoms with E-state index in [0.717, 1.165) is 24.8 Å². The molecule has 0 radical (unpaired) electrons. The Balaban J connectivity index is 1.31. The van der Waals surface area contributed by atoms with E-state index in [0.29, 0.717) is 0 Å². The van der Waals surface area contributed by atoms with E-state index < -0.39 is 0 Å². The number of aromatic nitrogens is 1. The third-order valence-electron chi connectivity index (χ3n) is 6.80. The van der Waals surface area contributed by atoms with Gasteiger partial charge in [0, 0.05) is 17.3 Å². The molecule has 170 valence electrons. The molecule has 3 rings (SSSR count). The Bertz CT molecular complexity index is 793. The molecule has 0 saturated heterocycles. The molecule has 0 saturated carbocycles. The molecular formula is C29H44N2. The fraction of sp³-hybridized carbons (Fsp3) is 0.655. The number of hydrogen-bond donors (Lipinski definition) is 0. The van der Waals surface area contributed by atoms with Crippen LogP contribution in [0.1, 0.15) is 121 Å². The minimum atomic E-state index is 1.10. The molecule has 2 nitrogen and oxygen atoms in total. The quantitative estimate of drug-likeness (QED) is 0.208. The van der Waals surface area contributed by atoms with Gasteiger partial charge in [-0.15, -0.1) is 0 Å². The molecule has 1 aliphatic rings. The number of aliphatic imine (C=N–C) groups is 1. The summed E-state index contributed by atoms with van der Waals surface area (Å²) in [6.07, 6.45) is 26.4. The maximum absolute atomic E-state index is 4.98. The predicted molar refractivity (Wildman–Crippen MR) is 137 cm³/mol. The summed E-state index contributed by atoms with van der Waals surface area (Å²) in [6.45, 7) is 2.29. The lowest BCUT2D eigenvalue weighted by atomic mass is 9.93. The second kappa shape index (κ2) is 14.4. The first-order chi connectivity index (χ1) is 15.4. The number of fused-ring (bicyclic) bond motifs is 2. The van der Waals surface area contributed by atoms with Crippen LogP contribution in [0.4, 0.5) is 5.69 Å². The fourth-order valence-corrected chi connectivity index (χ4v) is 4.90. The zero-order chi connectivity index (χ0) is 21.6. The van der Waals surface area contributed by atoms with Crippen LogP contribution in [0.3, 0.4) is 0 Å². The number of benzene rings is 1. The third-order valence-corrected chi connectivity index (χ3v) is 6.80. The van der Waals surface area contributed by atoms with Crippen molar-refractivity contribution in [2.75, 3.05) is 0 Å². The monoisotopic (exact) mass is 420 g/mol. The Hall–Kier alpha value is -1.70. The van der Waals surface area contributed by atoms with E-state index in [1.165, 1.54) is 119 Å². The molecule has 0 N–H and O–H groups in total. The summed E-state index contributed by atoms with van der Waals surface area (Å²) in [5, 5.41) is 1.23. The van der Waals surface area contributed by atoms with Crippen molar-refractivity contribution in [3.05, 3.63) is 35.5 Å². The molecule has 0 unspecified atom stereocenters. The Morgan fingerprint density at radius 3 is 2.10 bits per heavy atom. The van der Waals surface area contributed by atoms with Gasteiger partial charge in [-0.05, 0) is 50.2 Å². The van der Waals surface area contributed by atoms with Crippen LogP contribution in [-0.2, 0) is 12.8 Å². The van der Waals surface area contributed by atoms with E-state index in [9.17, 15) is 0 Å². The normalized spacial score (nSPS) is 13.8. The number of para-hydroxylation sites is 1. The lowest BCUT2D eigenvalue weighted by Crippen LogP contribution is -2.06. The maximum Gasteiger partial charge on any atom is 0.0769 e. The molecule has 1 aromatic carbocycles. The number of hydrogen-bond acceptors (Lipinski definition) is 2. The summed E-state index contributed by atoms with van der Waals surface area (Å²) in [4.78, 5) is 9.90. The molecule has 0 amide bonds. The third kappa shape index (κ3) is 8.05. The van der Waals surface area contributed by atoms with Crippen LogP contribution in [0.15, 0.2) is 29.3 Å². The van der Waals surface area contributed by atoms with Gasteiger partial charge in [-0.3, -0.25) is 9.98 Å². The van der Waals surface area contributed by atoms with Crippen molar-refractivity contribution in [3.8, 4) is 0 Å². The van der Waals surface area contributed by atoms with Gasteiger partial charge in [-0.25, -0.2) is 0 Å². The topological polar surface area (TPSA) is 25.2 Å². The van der Waals surface area contributed by atoms with Crippen LogP contribution >= 0.6 is 0 Å². The van der Waals surface area contributed by atoms with Crippen molar-refractivity contribution < 1.29 is 0 Å². The second-order valence-electron chi connectivity index (χ2n) is 9.45. The van der Waals surface area contributed by atoms with Crippen molar-refractivity contribution in [2.24, 2.45) is 4.99 Å². The molecule has 1 aliphatic carbocycles. The molecule has 0 fully saturated rings. The fourth-order valence-electron chi connectivity index (χ4n) is 4.90. The summed E-state index contributed by atoms with van der Waals surface area (Å²) in [7, 11) is 0. The Labute approximate surface area is 191 Å². The van der Waals surface area contributed by atoms with E-state index >= 15 is 0 Å². The van der Waals surface area contributed by atoms with Gasteiger partial charge < -0.3 is 0 Å². The van der Waals surface area contributed by atoms with E-state index in [1.807, 2.05) is 0 Å². The van der Waals surface area contributed by atoms with E-state index in [2.05, 4.69) is 37.4 Å². The number of rotatable bonds is 15. The molecule has 0 spiro atoms. The summed E-state index contributed by atoms with van der Waals surface area (Å²) in [6, 6.07) is 8.53. The van der Waals surface area contributed by atoms with Crippen LogP contribution < -0.4 is 0 Å². The van der Waals surface area contributed by atoms with E-state index in [4.69, 9.17) is 9.98 Å². The number of aryl methyl sites for hydroxylation is 1. The van der Waals surface area contributed by atoms with Crippen molar-refractivity contribution in [1.82, 2.24) is 4.98 Å². The zero-order valence-corrected chi connectivity index (χ0v) is 20.0. The Morgan fingerprint density at radius 1 is 0.774 bits per heavy atom. The van der Waals surface area contributed by atoms with Gasteiger partial charge in [-0.1, -0.05) is 102 Å². The highest BCUT2D eigenvalue weighted by molar-refractivity contribution is 5.93. The molecule has 2 aromatic rings. The van der Waals surface area contributed by atoms with Gasteiger partial charge in [0.2, 0.25) is 0 Å². The highest BCUT2D eigenvalue weighted by Crippen LogP contribution is 2.35. The predicted octanol–water partition coefficient (Wildman–Crippen LogP) is 9.30. The molecule has 1 heterocycles. The summed E-state index contributed by atoms with van der Waals surface area (Å²) >= 11 is 0. The summed E-state index contributed by atoms with van der Waals surface area (Å²) < 4.78 is 0. The lowest BCUT2D eigenvalue weighted by Gasteiger charge is -2.18. The summed E-state index contributed by atoms with van der Waals surface area (Å²) in [5.74, 6) is 0. The van der Waals surface area contributed by atoms with Crippen LogP contribution in [0.5, 0.6) is 0 Å². The highest BCUT2D eigenvalue weighted by Gasteiger charge is 2.17. The Morgan fingerprint density at radius 2 is 1.39 bits per heavy atom. The number of nitrogens with zero attached hydrogens (tertiary/aromatic N) is 2. The van der Waals surface area contributed by atoms with Gasteiger partial charge >= 0.3 is 0 Å². The SMILES string of the molecule is CCCCCCCCCCCCCCCC=Nc1c2c(nc3ccccc13)CCCC2. The van der Waals surface area contributed by atoms with Gasteiger partial charge in [0.15, 0.2) is 0 Å². The Kier molecular flexibility index (Phi) is 11.1. The van der Waals surface area contributed by atoms with Crippen molar-refractivity contribution in [1.29, 1.82) is 0 Å².